The first-order valence-corrected chi connectivity index (χ1v) is 7.66. The quantitative estimate of drug-likeness (QED) is 0.531. The van der Waals surface area contributed by atoms with Crippen molar-refractivity contribution in [1.29, 1.82) is 0 Å². The average Bonchev–Trinajstić information content (AvgIpc) is 2.30. The molecule has 0 aliphatic heterocycles. The van der Waals surface area contributed by atoms with Crippen LogP contribution in [0.5, 0.6) is 0 Å². The fraction of sp³-hybridized carbons (Fsp3) is 1.00. The van der Waals surface area contributed by atoms with Gasteiger partial charge in [-0.2, -0.15) is 11.8 Å². The first-order valence-electron chi connectivity index (χ1n) is 6.27. The Balaban J connectivity index is 3.02. The van der Waals surface area contributed by atoms with Gasteiger partial charge in [0.1, 0.15) is 0 Å². The van der Waals surface area contributed by atoms with Gasteiger partial charge in [-0.15, -0.1) is 0 Å². The zero-order chi connectivity index (χ0) is 12.1. The van der Waals surface area contributed by atoms with Gasteiger partial charge in [-0.1, -0.05) is 13.3 Å². The molecule has 0 fully saturated rings. The van der Waals surface area contributed by atoms with Crippen LogP contribution in [0.25, 0.3) is 0 Å². The number of hydrogen-bond donors (Lipinski definition) is 1. The van der Waals surface area contributed by atoms with Gasteiger partial charge in [0.05, 0.1) is 6.61 Å². The summed E-state index contributed by atoms with van der Waals surface area (Å²) in [7, 11) is 2.18. The summed E-state index contributed by atoms with van der Waals surface area (Å²) < 4.78 is 5.47. The van der Waals surface area contributed by atoms with E-state index in [-0.39, 0.29) is 0 Å². The van der Waals surface area contributed by atoms with Gasteiger partial charge in [0.15, 0.2) is 0 Å². The Morgan fingerprint density at radius 2 is 2.00 bits per heavy atom. The minimum atomic E-state index is 0.842. The predicted octanol–water partition coefficient (Wildman–Crippen LogP) is 1.69. The summed E-state index contributed by atoms with van der Waals surface area (Å²) in [5.41, 5.74) is 0. The van der Waals surface area contributed by atoms with Crippen LogP contribution in [-0.2, 0) is 4.74 Å². The van der Waals surface area contributed by atoms with E-state index >= 15 is 0 Å². The fourth-order valence-electron chi connectivity index (χ4n) is 1.25. The molecule has 4 heteroatoms. The van der Waals surface area contributed by atoms with Crippen molar-refractivity contribution in [2.75, 3.05) is 58.4 Å². The molecule has 0 aliphatic rings. The molecule has 0 aromatic carbocycles. The second-order valence-corrected chi connectivity index (χ2v) is 5.00. The Labute approximate surface area is 105 Å². The lowest BCUT2D eigenvalue weighted by Crippen LogP contribution is -2.32. The highest BCUT2D eigenvalue weighted by molar-refractivity contribution is 7.98. The van der Waals surface area contributed by atoms with Gasteiger partial charge < -0.3 is 15.0 Å². The van der Waals surface area contributed by atoms with Crippen LogP contribution in [0.4, 0.5) is 0 Å². The summed E-state index contributed by atoms with van der Waals surface area (Å²) in [6, 6.07) is 0. The second kappa shape index (κ2) is 13.3. The van der Waals surface area contributed by atoms with Crippen molar-refractivity contribution in [3.63, 3.8) is 0 Å². The van der Waals surface area contributed by atoms with Crippen LogP contribution >= 0.6 is 11.8 Å². The standard InChI is InChI=1S/C12H28N2OS/c1-4-5-10-15-11-7-13-6-8-14(2)9-12-16-3/h13H,4-12H2,1-3H3. The van der Waals surface area contributed by atoms with Crippen LogP contribution in [0.15, 0.2) is 0 Å². The molecule has 3 nitrogen and oxygen atoms in total. The highest BCUT2D eigenvalue weighted by Gasteiger charge is 1.96. The van der Waals surface area contributed by atoms with Crippen molar-refractivity contribution in [1.82, 2.24) is 10.2 Å². The minimum absolute atomic E-state index is 0.842. The predicted molar refractivity (Wildman–Crippen MR) is 74.5 cm³/mol. The van der Waals surface area contributed by atoms with Gasteiger partial charge in [-0.25, -0.2) is 0 Å². The van der Waals surface area contributed by atoms with E-state index in [9.17, 15) is 0 Å². The molecule has 0 heterocycles. The molecule has 98 valence electrons. The van der Waals surface area contributed by atoms with Crippen LogP contribution < -0.4 is 5.32 Å². The Morgan fingerprint density at radius 1 is 1.19 bits per heavy atom. The summed E-state index contributed by atoms with van der Waals surface area (Å²) in [6.07, 6.45) is 4.55. The number of nitrogens with zero attached hydrogens (tertiary/aromatic N) is 1. The monoisotopic (exact) mass is 248 g/mol. The van der Waals surface area contributed by atoms with Crippen LogP contribution in [0.2, 0.25) is 0 Å². The maximum atomic E-state index is 5.47. The van der Waals surface area contributed by atoms with Gasteiger partial charge in [0, 0.05) is 38.5 Å². The van der Waals surface area contributed by atoms with Crippen molar-refractivity contribution in [3.8, 4) is 0 Å². The number of likely N-dealkylation sites (N-methyl/N-ethyl adjacent to an activating group) is 1. The fourth-order valence-corrected chi connectivity index (χ4v) is 1.74. The van der Waals surface area contributed by atoms with E-state index < -0.39 is 0 Å². The summed E-state index contributed by atoms with van der Waals surface area (Å²) in [4.78, 5) is 2.36. The van der Waals surface area contributed by atoms with E-state index in [4.69, 9.17) is 4.74 Å². The smallest absolute Gasteiger partial charge is 0.0590 e. The first-order chi connectivity index (χ1) is 7.81. The maximum absolute atomic E-state index is 5.47. The minimum Gasteiger partial charge on any atom is -0.380 e. The topological polar surface area (TPSA) is 24.5 Å². The Hall–Kier alpha value is 0.230. The second-order valence-electron chi connectivity index (χ2n) is 4.01. The lowest BCUT2D eigenvalue weighted by Gasteiger charge is -2.16. The van der Waals surface area contributed by atoms with E-state index in [1.54, 1.807) is 0 Å². The Bertz CT molecular complexity index is 136. The van der Waals surface area contributed by atoms with Crippen molar-refractivity contribution in [2.45, 2.75) is 19.8 Å². The molecular weight excluding hydrogens is 220 g/mol. The third-order valence-electron chi connectivity index (χ3n) is 2.41. The van der Waals surface area contributed by atoms with Crippen LogP contribution in [0.3, 0.4) is 0 Å². The van der Waals surface area contributed by atoms with Crippen LogP contribution in [0, 0.1) is 0 Å². The van der Waals surface area contributed by atoms with Crippen molar-refractivity contribution in [2.24, 2.45) is 0 Å². The summed E-state index contributed by atoms with van der Waals surface area (Å²) in [5, 5.41) is 3.40. The molecule has 0 radical (unpaired) electrons. The average molecular weight is 248 g/mol. The van der Waals surface area contributed by atoms with Gasteiger partial charge in [-0.05, 0) is 19.7 Å². The number of ether oxygens (including phenoxy) is 1. The van der Waals surface area contributed by atoms with Crippen LogP contribution in [-0.4, -0.2) is 63.3 Å². The lowest BCUT2D eigenvalue weighted by molar-refractivity contribution is 0.132. The molecule has 0 unspecified atom stereocenters. The molecule has 0 bridgehead atoms. The molecule has 0 saturated carbocycles. The normalized spacial score (nSPS) is 11.2. The molecule has 0 aliphatic carbocycles. The van der Waals surface area contributed by atoms with Crippen molar-refractivity contribution in [3.05, 3.63) is 0 Å². The third-order valence-corrected chi connectivity index (χ3v) is 3.00. The van der Waals surface area contributed by atoms with Crippen LogP contribution in [0.1, 0.15) is 19.8 Å². The molecule has 0 saturated heterocycles. The van der Waals surface area contributed by atoms with E-state index in [2.05, 4.69) is 30.4 Å². The van der Waals surface area contributed by atoms with Crippen molar-refractivity contribution >= 4 is 11.8 Å². The zero-order valence-corrected chi connectivity index (χ0v) is 11.9. The number of thioether (sulfide) groups is 1. The van der Waals surface area contributed by atoms with Gasteiger partial charge in [0.25, 0.3) is 0 Å². The van der Waals surface area contributed by atoms with E-state index in [1.165, 1.54) is 25.1 Å². The summed E-state index contributed by atoms with van der Waals surface area (Å²) in [6.45, 7) is 8.26. The summed E-state index contributed by atoms with van der Waals surface area (Å²) >= 11 is 1.90. The highest BCUT2D eigenvalue weighted by atomic mass is 32.2. The zero-order valence-electron chi connectivity index (χ0n) is 11.1. The number of nitrogens with one attached hydrogen (secondary N) is 1. The van der Waals surface area contributed by atoms with Gasteiger partial charge >= 0.3 is 0 Å². The maximum Gasteiger partial charge on any atom is 0.0590 e. The van der Waals surface area contributed by atoms with E-state index in [0.717, 1.165) is 32.8 Å². The number of rotatable bonds is 12. The molecule has 0 amide bonds. The lowest BCUT2D eigenvalue weighted by atomic mass is 10.4. The third kappa shape index (κ3) is 12.3. The van der Waals surface area contributed by atoms with Gasteiger partial charge in [0.2, 0.25) is 0 Å². The SMILES string of the molecule is CCCCOCCNCCN(C)CCSC. The first kappa shape index (κ1) is 16.2. The largest absolute Gasteiger partial charge is 0.380 e. The Kier molecular flexibility index (Phi) is 13.5. The number of unbranched alkanes of at least 4 members (excludes halogenated alkanes) is 1. The molecule has 0 rings (SSSR count). The number of hydrogen-bond acceptors (Lipinski definition) is 4. The molecule has 0 aromatic rings. The molecule has 0 spiro atoms. The highest BCUT2D eigenvalue weighted by Crippen LogP contribution is 1.92. The Morgan fingerprint density at radius 3 is 2.69 bits per heavy atom. The molecule has 0 aromatic heterocycles. The van der Waals surface area contributed by atoms with Crippen molar-refractivity contribution < 1.29 is 4.74 Å². The van der Waals surface area contributed by atoms with E-state index in [0.29, 0.717) is 0 Å². The van der Waals surface area contributed by atoms with E-state index in [1.807, 2.05) is 11.8 Å². The molecular formula is C12H28N2OS. The molecule has 16 heavy (non-hydrogen) atoms. The van der Waals surface area contributed by atoms with Gasteiger partial charge in [-0.3, -0.25) is 0 Å². The molecule has 1 N–H and O–H groups in total. The summed E-state index contributed by atoms with van der Waals surface area (Å²) in [5.74, 6) is 1.22. The molecule has 0 atom stereocenters.